The van der Waals surface area contributed by atoms with Crippen molar-refractivity contribution in [2.45, 2.75) is 22.9 Å². The molecule has 2 aliphatic rings. The van der Waals surface area contributed by atoms with Crippen LogP contribution in [0.5, 0.6) is 5.75 Å². The van der Waals surface area contributed by atoms with Crippen molar-refractivity contribution in [3.63, 3.8) is 0 Å². The van der Waals surface area contributed by atoms with Crippen LogP contribution in [-0.2, 0) is 14.6 Å². The molecule has 2 aliphatic carbocycles. The number of carboxylic acid groups (broad SMARTS) is 1. The number of carbonyl (C=O) groups is 3. The number of amides is 2. The summed E-state index contributed by atoms with van der Waals surface area (Å²) in [6.07, 6.45) is 5.27. The molecule has 0 unspecified atom stereocenters. The van der Waals surface area contributed by atoms with Gasteiger partial charge in [-0.3, -0.25) is 9.59 Å². The molecular formula is C29H23F4N3O7S. The molecule has 1 saturated carbocycles. The van der Waals surface area contributed by atoms with Gasteiger partial charge in [0.2, 0.25) is 5.91 Å². The van der Waals surface area contributed by atoms with Crippen LogP contribution in [0.2, 0.25) is 0 Å². The smallest absolute Gasteiger partial charge is 0.496 e. The number of alkyl halides is 3. The van der Waals surface area contributed by atoms with E-state index in [4.69, 9.17) is 9.84 Å². The summed E-state index contributed by atoms with van der Waals surface area (Å²) in [7, 11) is -4.41. The summed E-state index contributed by atoms with van der Waals surface area (Å²) in [6, 6.07) is 7.73. The third-order valence-electron chi connectivity index (χ3n) is 7.60. The fraction of sp³-hybridized carbons (Fsp3) is 0.241. The lowest BCUT2D eigenvalue weighted by molar-refractivity contribution is -0.121. The van der Waals surface area contributed by atoms with Crippen molar-refractivity contribution in [3.05, 3.63) is 84.0 Å². The van der Waals surface area contributed by atoms with Crippen molar-refractivity contribution >= 4 is 33.3 Å². The Morgan fingerprint density at radius 2 is 1.77 bits per heavy atom. The number of hydrogen-bond donors (Lipinski definition) is 3. The van der Waals surface area contributed by atoms with Crippen molar-refractivity contribution in [1.29, 1.82) is 0 Å². The lowest BCUT2D eigenvalue weighted by atomic mass is 9.87. The number of pyridine rings is 1. The Morgan fingerprint density at radius 1 is 1.05 bits per heavy atom. The third kappa shape index (κ3) is 5.62. The number of aromatic nitrogens is 1. The molecular weight excluding hydrogens is 610 g/mol. The fourth-order valence-corrected chi connectivity index (χ4v) is 6.32. The Labute approximate surface area is 247 Å². The van der Waals surface area contributed by atoms with E-state index in [0.717, 1.165) is 24.4 Å². The van der Waals surface area contributed by atoms with Crippen LogP contribution in [0, 0.1) is 23.6 Å². The number of nitrogens with zero attached hydrogens (tertiary/aromatic N) is 1. The van der Waals surface area contributed by atoms with E-state index in [1.54, 1.807) is 6.08 Å². The Morgan fingerprint density at radius 3 is 2.41 bits per heavy atom. The average Bonchev–Trinajstić information content (AvgIpc) is 3.58. The van der Waals surface area contributed by atoms with Crippen molar-refractivity contribution in [1.82, 2.24) is 10.3 Å². The van der Waals surface area contributed by atoms with Gasteiger partial charge in [-0.25, -0.2) is 22.6 Å². The molecule has 44 heavy (non-hydrogen) atoms. The number of hydrogen-bond acceptors (Lipinski definition) is 7. The molecule has 4 atom stereocenters. The molecule has 15 heteroatoms. The summed E-state index contributed by atoms with van der Waals surface area (Å²) in [5.41, 5.74) is -5.91. The average molecular weight is 634 g/mol. The highest BCUT2D eigenvalue weighted by atomic mass is 32.2. The van der Waals surface area contributed by atoms with Gasteiger partial charge in [-0.2, -0.15) is 13.2 Å². The second-order valence-corrected chi connectivity index (χ2v) is 12.2. The van der Waals surface area contributed by atoms with Crippen LogP contribution in [0.1, 0.15) is 27.3 Å². The number of methoxy groups -OCH3 is 1. The highest BCUT2D eigenvalue weighted by molar-refractivity contribution is 7.92. The summed E-state index contributed by atoms with van der Waals surface area (Å²) in [6.45, 7) is 0. The first-order chi connectivity index (χ1) is 20.7. The van der Waals surface area contributed by atoms with Crippen LogP contribution in [0.25, 0.3) is 11.1 Å². The first-order valence-electron chi connectivity index (χ1n) is 13.0. The van der Waals surface area contributed by atoms with Crippen molar-refractivity contribution in [3.8, 4) is 16.9 Å². The molecule has 0 radical (unpaired) electrons. The van der Waals surface area contributed by atoms with E-state index in [9.17, 15) is 40.4 Å². The number of fused-ring (bicyclic) bond motifs is 2. The maximum absolute atomic E-state index is 15.0. The standard InChI is InChI=1S/C29H23F4N3O7S/c1-43-23-12-21(30)19(16-7-8-22(28(39)40)34-13-16)11-20(23)26(37)36-25-15-6-5-14(9-15)24(25)27(38)35-17-3-2-4-18(10-17)44(41,42)29(31,32)33/h2-8,10-15,24-25H,9H2,1H3,(H,35,38)(H,36,37)(H,39,40)/t14-,15+,24+,25-/m0/s1. The van der Waals surface area contributed by atoms with Crippen LogP contribution in [0.4, 0.5) is 23.2 Å². The van der Waals surface area contributed by atoms with Crippen molar-refractivity contribution < 1.29 is 50.2 Å². The number of allylic oxidation sites excluding steroid dienone is 1. The first kappa shape index (κ1) is 30.7. The van der Waals surface area contributed by atoms with E-state index < -0.39 is 55.8 Å². The SMILES string of the molecule is COc1cc(F)c(-c2ccc(C(=O)O)nc2)cc1C(=O)N[C@@H]1[C@H](C(=O)Nc2cccc(S(=O)(=O)C(F)(F)F)c2)[C@H]2C=C[C@@H]1C2. The van der Waals surface area contributed by atoms with Gasteiger partial charge in [0.25, 0.3) is 15.7 Å². The minimum Gasteiger partial charge on any atom is -0.496 e. The molecule has 1 heterocycles. The summed E-state index contributed by atoms with van der Waals surface area (Å²) < 4.78 is 83.0. The summed E-state index contributed by atoms with van der Waals surface area (Å²) >= 11 is 0. The van der Waals surface area contributed by atoms with Gasteiger partial charge < -0.3 is 20.5 Å². The van der Waals surface area contributed by atoms with Crippen molar-refractivity contribution in [2.24, 2.45) is 17.8 Å². The maximum Gasteiger partial charge on any atom is 0.501 e. The zero-order valence-corrected chi connectivity index (χ0v) is 23.4. The largest absolute Gasteiger partial charge is 0.501 e. The van der Waals surface area contributed by atoms with E-state index in [2.05, 4.69) is 15.6 Å². The molecule has 0 spiro atoms. The number of sulfone groups is 1. The normalized spacial score (nSPS) is 20.8. The number of benzene rings is 2. The second kappa shape index (κ2) is 11.4. The highest BCUT2D eigenvalue weighted by Crippen LogP contribution is 2.45. The van der Waals surface area contributed by atoms with E-state index in [1.807, 2.05) is 6.08 Å². The van der Waals surface area contributed by atoms with Crippen LogP contribution in [0.15, 0.2) is 71.8 Å². The maximum atomic E-state index is 15.0. The number of halogens is 4. The monoisotopic (exact) mass is 633 g/mol. The van der Waals surface area contributed by atoms with E-state index in [-0.39, 0.29) is 45.7 Å². The number of carboxylic acids is 1. The molecule has 2 aromatic carbocycles. The summed E-state index contributed by atoms with van der Waals surface area (Å²) in [5, 5.41) is 14.4. The molecule has 0 aliphatic heterocycles. The van der Waals surface area contributed by atoms with Gasteiger partial charge in [-0.15, -0.1) is 0 Å². The van der Waals surface area contributed by atoms with Gasteiger partial charge in [0.05, 0.1) is 23.5 Å². The zero-order valence-electron chi connectivity index (χ0n) is 22.6. The molecule has 2 bridgehead atoms. The van der Waals surface area contributed by atoms with Gasteiger partial charge in [0, 0.05) is 35.1 Å². The van der Waals surface area contributed by atoms with Crippen molar-refractivity contribution in [2.75, 3.05) is 12.4 Å². The van der Waals surface area contributed by atoms with E-state index >= 15 is 0 Å². The van der Waals surface area contributed by atoms with E-state index in [1.165, 1.54) is 31.4 Å². The minimum atomic E-state index is -5.65. The molecule has 1 fully saturated rings. The van der Waals surface area contributed by atoms with Gasteiger partial charge >= 0.3 is 11.5 Å². The number of aromatic carboxylic acids is 1. The fourth-order valence-electron chi connectivity index (χ4n) is 5.51. The molecule has 10 nitrogen and oxygen atoms in total. The molecule has 2 amide bonds. The number of ether oxygens (including phenoxy) is 1. The quantitative estimate of drug-likeness (QED) is 0.243. The number of carbonyl (C=O) groups excluding carboxylic acids is 2. The first-order valence-corrected chi connectivity index (χ1v) is 14.5. The van der Waals surface area contributed by atoms with Crippen LogP contribution >= 0.6 is 0 Å². The van der Waals surface area contributed by atoms with E-state index in [0.29, 0.717) is 12.5 Å². The Hall–Kier alpha value is -4.79. The Bertz CT molecular complexity index is 1790. The summed E-state index contributed by atoms with van der Waals surface area (Å²) in [4.78, 5) is 40.8. The van der Waals surface area contributed by atoms with Gasteiger partial charge in [0.15, 0.2) is 0 Å². The van der Waals surface area contributed by atoms with Gasteiger partial charge in [-0.1, -0.05) is 24.3 Å². The predicted molar refractivity (Wildman–Crippen MR) is 147 cm³/mol. The molecule has 3 aromatic rings. The minimum absolute atomic E-state index is 0.0591. The van der Waals surface area contributed by atoms with Crippen LogP contribution in [0.3, 0.4) is 0 Å². The number of rotatable bonds is 8. The highest BCUT2D eigenvalue weighted by Gasteiger charge is 2.49. The van der Waals surface area contributed by atoms with Gasteiger partial charge in [0.1, 0.15) is 17.3 Å². The molecule has 1 aromatic heterocycles. The number of anilines is 1. The summed E-state index contributed by atoms with van der Waals surface area (Å²) in [5.74, 6) is -4.96. The predicted octanol–water partition coefficient (Wildman–Crippen LogP) is 4.45. The Kier molecular flexibility index (Phi) is 7.92. The van der Waals surface area contributed by atoms with Crippen LogP contribution in [-0.4, -0.2) is 55.0 Å². The molecule has 230 valence electrons. The lowest BCUT2D eigenvalue weighted by Crippen LogP contribution is -2.47. The van der Waals surface area contributed by atoms with Gasteiger partial charge in [-0.05, 0) is 48.6 Å². The van der Waals surface area contributed by atoms with Crippen LogP contribution < -0.4 is 15.4 Å². The molecule has 0 saturated heterocycles. The third-order valence-corrected chi connectivity index (χ3v) is 9.09. The molecule has 3 N–H and O–H groups in total. The zero-order chi connectivity index (χ0) is 32.0. The number of nitrogens with one attached hydrogen (secondary N) is 2. The second-order valence-electron chi connectivity index (χ2n) is 10.2. The molecule has 5 rings (SSSR count). The Balaban J connectivity index is 1.40. The topological polar surface area (TPSA) is 152 Å². The lowest BCUT2D eigenvalue weighted by Gasteiger charge is -2.28.